The SMILES string of the molecule is COc1ccc(OC)c(-c2cc3ccc([O-])c(C[NH+]4CCCCCC4)c3oc2=O)c1. The van der Waals surface area contributed by atoms with E-state index in [-0.39, 0.29) is 5.75 Å². The van der Waals surface area contributed by atoms with E-state index in [4.69, 9.17) is 13.9 Å². The molecule has 0 radical (unpaired) electrons. The normalized spacial score (nSPS) is 15.1. The Hall–Kier alpha value is -2.99. The third-order valence-corrected chi connectivity index (χ3v) is 5.90. The lowest BCUT2D eigenvalue weighted by molar-refractivity contribution is -0.913. The van der Waals surface area contributed by atoms with Gasteiger partial charge in [-0.2, -0.15) is 0 Å². The third kappa shape index (κ3) is 4.00. The predicted molar refractivity (Wildman–Crippen MR) is 113 cm³/mol. The quantitative estimate of drug-likeness (QED) is 0.656. The summed E-state index contributed by atoms with van der Waals surface area (Å²) in [6.07, 6.45) is 4.81. The zero-order chi connectivity index (χ0) is 21.1. The molecule has 1 saturated heterocycles. The second-order valence-corrected chi connectivity index (χ2v) is 7.82. The van der Waals surface area contributed by atoms with Crippen molar-refractivity contribution in [3.8, 4) is 28.4 Å². The Kier molecular flexibility index (Phi) is 5.95. The second-order valence-electron chi connectivity index (χ2n) is 7.82. The summed E-state index contributed by atoms with van der Waals surface area (Å²) in [6.45, 7) is 2.67. The lowest BCUT2D eigenvalue weighted by atomic mass is 10.0. The minimum absolute atomic E-state index is 0.0749. The average Bonchev–Trinajstić information content (AvgIpc) is 3.04. The Morgan fingerprint density at radius 2 is 1.73 bits per heavy atom. The first kappa shape index (κ1) is 20.3. The van der Waals surface area contributed by atoms with Crippen LogP contribution in [0.5, 0.6) is 17.2 Å². The summed E-state index contributed by atoms with van der Waals surface area (Å²) in [5, 5.41) is 13.4. The lowest BCUT2D eigenvalue weighted by Crippen LogP contribution is -3.10. The van der Waals surface area contributed by atoms with E-state index in [1.54, 1.807) is 50.6 Å². The fourth-order valence-electron chi connectivity index (χ4n) is 4.26. The van der Waals surface area contributed by atoms with Crippen LogP contribution in [0.4, 0.5) is 0 Å². The van der Waals surface area contributed by atoms with Gasteiger partial charge in [0.25, 0.3) is 0 Å². The molecule has 158 valence electrons. The Morgan fingerprint density at radius 1 is 0.967 bits per heavy atom. The molecule has 30 heavy (non-hydrogen) atoms. The van der Waals surface area contributed by atoms with Crippen LogP contribution >= 0.6 is 0 Å². The summed E-state index contributed by atoms with van der Waals surface area (Å²) in [4.78, 5) is 14.3. The van der Waals surface area contributed by atoms with E-state index < -0.39 is 5.63 Å². The van der Waals surface area contributed by atoms with Gasteiger partial charge in [0.1, 0.15) is 23.6 Å². The largest absolute Gasteiger partial charge is 0.872 e. The smallest absolute Gasteiger partial charge is 0.344 e. The van der Waals surface area contributed by atoms with Crippen LogP contribution in [0.15, 0.2) is 45.6 Å². The van der Waals surface area contributed by atoms with E-state index in [9.17, 15) is 9.90 Å². The molecular weight excluding hydrogens is 382 g/mol. The van der Waals surface area contributed by atoms with Crippen molar-refractivity contribution in [2.45, 2.75) is 32.2 Å². The number of hydrogen-bond donors (Lipinski definition) is 1. The first-order chi connectivity index (χ1) is 14.6. The standard InChI is InChI=1S/C24H27NO5/c1-28-17-8-10-22(29-2)18(14-17)19-13-16-7-9-21(26)20(23(16)30-24(19)27)15-25-11-5-3-4-6-12-25/h7-10,13-14,26H,3-6,11-12,15H2,1-2H3. The van der Waals surface area contributed by atoms with Crippen LogP contribution in [0.1, 0.15) is 31.2 Å². The van der Waals surface area contributed by atoms with Gasteiger partial charge in [0.2, 0.25) is 0 Å². The zero-order valence-electron chi connectivity index (χ0n) is 17.5. The number of benzene rings is 2. The van der Waals surface area contributed by atoms with Crippen LogP contribution in [0.25, 0.3) is 22.1 Å². The van der Waals surface area contributed by atoms with Gasteiger partial charge >= 0.3 is 5.63 Å². The Morgan fingerprint density at radius 3 is 2.43 bits per heavy atom. The number of rotatable bonds is 5. The molecule has 6 heteroatoms. The molecule has 1 aromatic heterocycles. The van der Waals surface area contributed by atoms with Gasteiger partial charge in [-0.1, -0.05) is 17.9 Å². The summed E-state index contributed by atoms with van der Waals surface area (Å²) < 4.78 is 16.5. The molecule has 0 spiro atoms. The summed E-state index contributed by atoms with van der Waals surface area (Å²) in [7, 11) is 3.13. The first-order valence-electron chi connectivity index (χ1n) is 10.4. The van der Waals surface area contributed by atoms with Crippen LogP contribution in [-0.2, 0) is 6.54 Å². The van der Waals surface area contributed by atoms with Crippen molar-refractivity contribution in [2.24, 2.45) is 0 Å². The topological polar surface area (TPSA) is 76.2 Å². The van der Waals surface area contributed by atoms with E-state index in [2.05, 4.69) is 0 Å². The van der Waals surface area contributed by atoms with Crippen molar-refractivity contribution in [2.75, 3.05) is 27.3 Å². The van der Waals surface area contributed by atoms with Crippen LogP contribution in [0.3, 0.4) is 0 Å². The molecule has 1 aliphatic rings. The molecule has 3 aromatic rings. The molecule has 2 heterocycles. The highest BCUT2D eigenvalue weighted by molar-refractivity contribution is 5.86. The van der Waals surface area contributed by atoms with Crippen LogP contribution in [-0.4, -0.2) is 27.3 Å². The maximum Gasteiger partial charge on any atom is 0.344 e. The maximum atomic E-state index is 12.9. The van der Waals surface area contributed by atoms with Crippen molar-refractivity contribution in [1.82, 2.24) is 0 Å². The Balaban J connectivity index is 1.80. The van der Waals surface area contributed by atoms with Gasteiger partial charge in [-0.3, -0.25) is 0 Å². The van der Waals surface area contributed by atoms with Gasteiger partial charge in [-0.15, -0.1) is 0 Å². The molecule has 0 amide bonds. The third-order valence-electron chi connectivity index (χ3n) is 5.90. The highest BCUT2D eigenvalue weighted by atomic mass is 16.5. The van der Waals surface area contributed by atoms with Gasteiger partial charge in [0.15, 0.2) is 0 Å². The van der Waals surface area contributed by atoms with Crippen molar-refractivity contribution >= 4 is 11.0 Å². The van der Waals surface area contributed by atoms with Crippen LogP contribution in [0.2, 0.25) is 0 Å². The van der Waals surface area contributed by atoms with Crippen LogP contribution in [0, 0.1) is 0 Å². The van der Waals surface area contributed by atoms with Gasteiger partial charge in [0, 0.05) is 16.5 Å². The summed E-state index contributed by atoms with van der Waals surface area (Å²) in [5.74, 6) is 1.09. The second kappa shape index (κ2) is 8.79. The molecule has 0 atom stereocenters. The Labute approximate surface area is 175 Å². The van der Waals surface area contributed by atoms with E-state index in [0.717, 1.165) is 31.3 Å². The average molecular weight is 409 g/mol. The highest BCUT2D eigenvalue weighted by Crippen LogP contribution is 2.34. The fraction of sp³-hybridized carbons (Fsp3) is 0.375. The maximum absolute atomic E-state index is 12.9. The number of ether oxygens (including phenoxy) is 2. The van der Waals surface area contributed by atoms with Crippen LogP contribution < -0.4 is 25.1 Å². The molecule has 2 aromatic carbocycles. The minimum Gasteiger partial charge on any atom is -0.872 e. The van der Waals surface area contributed by atoms with Crippen molar-refractivity contribution < 1.29 is 23.9 Å². The minimum atomic E-state index is -0.494. The number of likely N-dealkylation sites (tertiary alicyclic amines) is 1. The number of fused-ring (bicyclic) bond motifs is 1. The number of hydrogen-bond acceptors (Lipinski definition) is 5. The summed E-state index contributed by atoms with van der Waals surface area (Å²) in [6, 6.07) is 10.4. The number of nitrogens with one attached hydrogen (secondary N) is 1. The molecular formula is C24H27NO5. The lowest BCUT2D eigenvalue weighted by Gasteiger charge is -2.21. The van der Waals surface area contributed by atoms with Gasteiger partial charge in [0.05, 0.1) is 32.9 Å². The van der Waals surface area contributed by atoms with Gasteiger partial charge in [-0.25, -0.2) is 4.79 Å². The predicted octanol–water partition coefficient (Wildman–Crippen LogP) is 2.51. The first-order valence-corrected chi connectivity index (χ1v) is 10.4. The van der Waals surface area contributed by atoms with Crippen molar-refractivity contribution in [3.05, 3.63) is 52.4 Å². The fourth-order valence-corrected chi connectivity index (χ4v) is 4.26. The molecule has 1 N–H and O–H groups in total. The molecule has 0 unspecified atom stereocenters. The summed E-state index contributed by atoms with van der Waals surface area (Å²) in [5.41, 5.74) is 1.47. The number of methoxy groups -OCH3 is 2. The van der Waals surface area contributed by atoms with Crippen molar-refractivity contribution in [1.29, 1.82) is 0 Å². The molecule has 6 nitrogen and oxygen atoms in total. The molecule has 0 saturated carbocycles. The van der Waals surface area contributed by atoms with E-state index in [0.29, 0.717) is 40.3 Å². The zero-order valence-corrected chi connectivity index (χ0v) is 17.5. The molecule has 4 rings (SSSR count). The molecule has 1 fully saturated rings. The Bertz CT molecular complexity index is 1100. The van der Waals surface area contributed by atoms with E-state index in [1.807, 2.05) is 0 Å². The molecule has 0 bridgehead atoms. The highest BCUT2D eigenvalue weighted by Gasteiger charge is 2.19. The van der Waals surface area contributed by atoms with Crippen molar-refractivity contribution in [3.63, 3.8) is 0 Å². The molecule has 1 aliphatic heterocycles. The summed E-state index contributed by atoms with van der Waals surface area (Å²) >= 11 is 0. The molecule has 0 aliphatic carbocycles. The van der Waals surface area contributed by atoms with E-state index in [1.165, 1.54) is 17.7 Å². The number of quaternary nitrogens is 1. The monoisotopic (exact) mass is 409 g/mol. The van der Waals surface area contributed by atoms with Gasteiger partial charge in [-0.05, 0) is 49.9 Å². The van der Waals surface area contributed by atoms with Gasteiger partial charge < -0.3 is 23.9 Å². The van der Waals surface area contributed by atoms with E-state index >= 15 is 0 Å².